The van der Waals surface area contributed by atoms with Crippen molar-refractivity contribution in [1.29, 1.82) is 0 Å². The molecule has 0 spiro atoms. The Morgan fingerprint density at radius 1 is 1.45 bits per heavy atom. The van der Waals surface area contributed by atoms with Crippen LogP contribution < -0.4 is 5.73 Å². The van der Waals surface area contributed by atoms with Gasteiger partial charge in [0.2, 0.25) is 5.91 Å². The SMILES string of the molecule is CC(C)CN(CC(=O)O)C(=O)N1CCOCC1C(N)=O. The van der Waals surface area contributed by atoms with Gasteiger partial charge in [0.1, 0.15) is 12.6 Å². The first-order chi connectivity index (χ1) is 9.32. The molecule has 1 rings (SSSR count). The largest absolute Gasteiger partial charge is 0.480 e. The number of carboxylic acids is 1. The Labute approximate surface area is 117 Å². The number of amides is 3. The van der Waals surface area contributed by atoms with Crippen molar-refractivity contribution in [3.8, 4) is 0 Å². The molecule has 114 valence electrons. The maximum absolute atomic E-state index is 12.4. The number of rotatable bonds is 5. The van der Waals surface area contributed by atoms with Gasteiger partial charge in [0.25, 0.3) is 0 Å². The van der Waals surface area contributed by atoms with Gasteiger partial charge in [-0.3, -0.25) is 9.59 Å². The Morgan fingerprint density at radius 2 is 2.10 bits per heavy atom. The summed E-state index contributed by atoms with van der Waals surface area (Å²) in [5, 5.41) is 8.89. The summed E-state index contributed by atoms with van der Waals surface area (Å²) >= 11 is 0. The van der Waals surface area contributed by atoms with Gasteiger partial charge in [-0.25, -0.2) is 4.79 Å². The normalized spacial score (nSPS) is 18.9. The van der Waals surface area contributed by atoms with Crippen molar-refractivity contribution in [3.05, 3.63) is 0 Å². The predicted molar refractivity (Wildman–Crippen MR) is 70.0 cm³/mol. The minimum Gasteiger partial charge on any atom is -0.480 e. The van der Waals surface area contributed by atoms with Crippen LogP contribution in [0.25, 0.3) is 0 Å². The third-order valence-electron chi connectivity index (χ3n) is 2.88. The zero-order valence-electron chi connectivity index (χ0n) is 11.7. The van der Waals surface area contributed by atoms with Crippen LogP contribution in [0.3, 0.4) is 0 Å². The number of nitrogens with two attached hydrogens (primary N) is 1. The van der Waals surface area contributed by atoms with E-state index in [1.165, 1.54) is 9.80 Å². The predicted octanol–water partition coefficient (Wildman–Crippen LogP) is -0.665. The molecule has 0 aromatic carbocycles. The van der Waals surface area contributed by atoms with Crippen LogP contribution >= 0.6 is 0 Å². The average Bonchev–Trinajstić information content (AvgIpc) is 2.36. The summed E-state index contributed by atoms with van der Waals surface area (Å²) in [6.07, 6.45) is 0. The number of carboxylic acid groups (broad SMARTS) is 1. The number of aliphatic carboxylic acids is 1. The zero-order chi connectivity index (χ0) is 15.3. The van der Waals surface area contributed by atoms with E-state index >= 15 is 0 Å². The van der Waals surface area contributed by atoms with Gasteiger partial charge in [0.15, 0.2) is 0 Å². The molecule has 8 heteroatoms. The van der Waals surface area contributed by atoms with Crippen LogP contribution in [0, 0.1) is 5.92 Å². The number of morpholine rings is 1. The Morgan fingerprint density at radius 3 is 2.60 bits per heavy atom. The Bertz CT molecular complexity index is 385. The molecule has 1 heterocycles. The molecule has 1 saturated heterocycles. The number of carbonyl (C=O) groups excluding carboxylic acids is 2. The molecule has 3 N–H and O–H groups in total. The van der Waals surface area contributed by atoms with Crippen molar-refractivity contribution in [2.75, 3.05) is 32.8 Å². The molecule has 0 aliphatic carbocycles. The highest BCUT2D eigenvalue weighted by atomic mass is 16.5. The highest BCUT2D eigenvalue weighted by molar-refractivity contribution is 5.87. The summed E-state index contributed by atoms with van der Waals surface area (Å²) in [5.41, 5.74) is 5.25. The second-order valence-corrected chi connectivity index (χ2v) is 5.14. The molecule has 8 nitrogen and oxygen atoms in total. The van der Waals surface area contributed by atoms with Crippen LogP contribution in [0.2, 0.25) is 0 Å². The number of nitrogens with zero attached hydrogens (tertiary/aromatic N) is 2. The van der Waals surface area contributed by atoms with Gasteiger partial charge < -0.3 is 25.4 Å². The van der Waals surface area contributed by atoms with Crippen LogP contribution in [-0.4, -0.2) is 71.7 Å². The summed E-state index contributed by atoms with van der Waals surface area (Å²) in [7, 11) is 0. The maximum Gasteiger partial charge on any atom is 0.323 e. The van der Waals surface area contributed by atoms with Crippen LogP contribution in [0.1, 0.15) is 13.8 Å². The van der Waals surface area contributed by atoms with E-state index in [0.717, 1.165) is 0 Å². The molecule has 0 bridgehead atoms. The number of hydrogen-bond acceptors (Lipinski definition) is 4. The lowest BCUT2D eigenvalue weighted by atomic mass is 10.2. The van der Waals surface area contributed by atoms with Crippen molar-refractivity contribution in [3.63, 3.8) is 0 Å². The van der Waals surface area contributed by atoms with Crippen LogP contribution in [0.5, 0.6) is 0 Å². The summed E-state index contributed by atoms with van der Waals surface area (Å²) in [4.78, 5) is 37.1. The van der Waals surface area contributed by atoms with Gasteiger partial charge in [0.05, 0.1) is 13.2 Å². The molecule has 0 saturated carbocycles. The smallest absolute Gasteiger partial charge is 0.323 e. The molecule has 3 amide bonds. The number of ether oxygens (including phenoxy) is 1. The van der Waals surface area contributed by atoms with E-state index in [1.54, 1.807) is 0 Å². The zero-order valence-corrected chi connectivity index (χ0v) is 11.7. The van der Waals surface area contributed by atoms with E-state index in [4.69, 9.17) is 15.6 Å². The van der Waals surface area contributed by atoms with E-state index in [2.05, 4.69) is 0 Å². The molecule has 0 aromatic rings. The van der Waals surface area contributed by atoms with Crippen molar-refractivity contribution in [2.24, 2.45) is 11.7 Å². The van der Waals surface area contributed by atoms with E-state index in [9.17, 15) is 14.4 Å². The fourth-order valence-corrected chi connectivity index (χ4v) is 2.06. The number of hydrogen-bond donors (Lipinski definition) is 2. The Hall–Kier alpha value is -1.83. The summed E-state index contributed by atoms with van der Waals surface area (Å²) in [6.45, 7) is 4.23. The van der Waals surface area contributed by atoms with E-state index in [1.807, 2.05) is 13.8 Å². The van der Waals surface area contributed by atoms with E-state index in [0.29, 0.717) is 13.2 Å². The Kier molecular flexibility index (Phi) is 5.75. The standard InChI is InChI=1S/C12H21N3O5/c1-8(2)5-14(6-10(16)17)12(19)15-3-4-20-7-9(15)11(13)18/h8-9H,3-7H2,1-2H3,(H2,13,18)(H,16,17). The third-order valence-corrected chi connectivity index (χ3v) is 2.88. The molecule has 1 aliphatic rings. The second kappa shape index (κ2) is 7.09. The molecule has 1 aliphatic heterocycles. The first kappa shape index (κ1) is 16.2. The summed E-state index contributed by atoms with van der Waals surface area (Å²) in [5.74, 6) is -1.63. The lowest BCUT2D eigenvalue weighted by Crippen LogP contribution is -2.59. The van der Waals surface area contributed by atoms with Crippen molar-refractivity contribution in [2.45, 2.75) is 19.9 Å². The van der Waals surface area contributed by atoms with Crippen LogP contribution in [0.15, 0.2) is 0 Å². The minimum atomic E-state index is -1.09. The third kappa shape index (κ3) is 4.37. The number of urea groups is 1. The van der Waals surface area contributed by atoms with Gasteiger partial charge in [-0.2, -0.15) is 0 Å². The fraction of sp³-hybridized carbons (Fsp3) is 0.750. The highest BCUT2D eigenvalue weighted by Crippen LogP contribution is 2.12. The molecule has 0 aromatic heterocycles. The highest BCUT2D eigenvalue weighted by Gasteiger charge is 2.34. The molecule has 1 atom stereocenters. The van der Waals surface area contributed by atoms with E-state index in [-0.39, 0.29) is 19.1 Å². The van der Waals surface area contributed by atoms with Crippen molar-refractivity contribution in [1.82, 2.24) is 9.80 Å². The first-order valence-electron chi connectivity index (χ1n) is 6.47. The van der Waals surface area contributed by atoms with Gasteiger partial charge in [-0.1, -0.05) is 13.8 Å². The van der Waals surface area contributed by atoms with Gasteiger partial charge >= 0.3 is 12.0 Å². The first-order valence-corrected chi connectivity index (χ1v) is 6.47. The maximum atomic E-state index is 12.4. The second-order valence-electron chi connectivity index (χ2n) is 5.14. The monoisotopic (exact) mass is 287 g/mol. The molecule has 20 heavy (non-hydrogen) atoms. The average molecular weight is 287 g/mol. The fourth-order valence-electron chi connectivity index (χ4n) is 2.06. The summed E-state index contributed by atoms with van der Waals surface area (Å²) < 4.78 is 5.14. The summed E-state index contributed by atoms with van der Waals surface area (Å²) in [6, 6.07) is -1.34. The van der Waals surface area contributed by atoms with Crippen molar-refractivity contribution >= 4 is 17.9 Å². The molecular weight excluding hydrogens is 266 g/mol. The molecule has 1 unspecified atom stereocenters. The number of primary amides is 1. The van der Waals surface area contributed by atoms with Gasteiger partial charge in [-0.05, 0) is 5.92 Å². The molecule has 0 radical (unpaired) electrons. The van der Waals surface area contributed by atoms with Gasteiger partial charge in [-0.15, -0.1) is 0 Å². The molecule has 1 fully saturated rings. The number of carbonyl (C=O) groups is 3. The Balaban J connectivity index is 2.84. The van der Waals surface area contributed by atoms with Crippen LogP contribution in [0.4, 0.5) is 4.79 Å². The minimum absolute atomic E-state index is 0.0453. The van der Waals surface area contributed by atoms with Crippen molar-refractivity contribution < 1.29 is 24.2 Å². The lowest BCUT2D eigenvalue weighted by molar-refractivity contribution is -0.138. The molecular formula is C12H21N3O5. The topological polar surface area (TPSA) is 113 Å². The quantitative estimate of drug-likeness (QED) is 0.696. The van der Waals surface area contributed by atoms with E-state index < -0.39 is 30.5 Å². The lowest BCUT2D eigenvalue weighted by Gasteiger charge is -2.37. The van der Waals surface area contributed by atoms with Crippen LogP contribution in [-0.2, 0) is 14.3 Å². The van der Waals surface area contributed by atoms with Gasteiger partial charge in [0, 0.05) is 13.1 Å².